The maximum Gasteiger partial charge on any atom is 0.289 e. The average molecular weight is 373 g/mol. The third kappa shape index (κ3) is 4.52. The summed E-state index contributed by atoms with van der Waals surface area (Å²) in [6.45, 7) is 2.19. The molecule has 2 aromatic rings. The highest BCUT2D eigenvalue weighted by molar-refractivity contribution is 5.95. The number of rotatable bonds is 4. The van der Waals surface area contributed by atoms with Gasteiger partial charge in [0.25, 0.3) is 5.91 Å². The summed E-state index contributed by atoms with van der Waals surface area (Å²) in [7, 11) is 0. The van der Waals surface area contributed by atoms with Gasteiger partial charge in [0.1, 0.15) is 5.82 Å². The summed E-state index contributed by atoms with van der Waals surface area (Å²) in [5.41, 5.74) is 0.415. The van der Waals surface area contributed by atoms with Gasteiger partial charge in [-0.2, -0.15) is 0 Å². The van der Waals surface area contributed by atoms with Gasteiger partial charge >= 0.3 is 0 Å². The summed E-state index contributed by atoms with van der Waals surface area (Å²) in [5, 5.41) is 5.12. The van der Waals surface area contributed by atoms with E-state index in [4.69, 9.17) is 4.42 Å². The summed E-state index contributed by atoms with van der Waals surface area (Å²) in [6.07, 6.45) is 2.40. The molecule has 0 spiro atoms. The molecule has 2 heterocycles. The molecule has 1 aliphatic heterocycles. The molecule has 1 fully saturated rings. The molecule has 2 N–H and O–H groups in total. The Morgan fingerprint density at radius 2 is 1.89 bits per heavy atom. The van der Waals surface area contributed by atoms with Gasteiger partial charge in [0.15, 0.2) is 5.76 Å². The van der Waals surface area contributed by atoms with E-state index >= 15 is 0 Å². The number of furan rings is 1. The molecule has 0 aliphatic carbocycles. The van der Waals surface area contributed by atoms with Crippen molar-refractivity contribution in [2.24, 2.45) is 5.92 Å². The zero-order valence-corrected chi connectivity index (χ0v) is 14.8. The molecule has 1 aromatic carbocycles. The lowest BCUT2D eigenvalue weighted by Crippen LogP contribution is -2.41. The Bertz CT molecular complexity index is 843. The van der Waals surface area contributed by atoms with Crippen molar-refractivity contribution in [2.45, 2.75) is 19.8 Å². The minimum absolute atomic E-state index is 0.0142. The van der Waals surface area contributed by atoms with Crippen LogP contribution >= 0.6 is 0 Å². The Hall–Kier alpha value is -3.16. The van der Waals surface area contributed by atoms with Crippen LogP contribution in [0.25, 0.3) is 0 Å². The zero-order chi connectivity index (χ0) is 19.4. The van der Waals surface area contributed by atoms with Gasteiger partial charge in [0.05, 0.1) is 12.0 Å². The van der Waals surface area contributed by atoms with Gasteiger partial charge in [0.2, 0.25) is 11.8 Å². The van der Waals surface area contributed by atoms with Gasteiger partial charge < -0.3 is 20.0 Å². The van der Waals surface area contributed by atoms with E-state index in [1.54, 1.807) is 17.0 Å². The highest BCUT2D eigenvalue weighted by atomic mass is 19.1. The molecule has 7 nitrogen and oxygen atoms in total. The highest BCUT2D eigenvalue weighted by Crippen LogP contribution is 2.24. The number of carbonyl (C=O) groups is 3. The number of hydrogen-bond donors (Lipinski definition) is 2. The van der Waals surface area contributed by atoms with Gasteiger partial charge in [-0.25, -0.2) is 4.39 Å². The van der Waals surface area contributed by atoms with E-state index in [1.807, 2.05) is 0 Å². The molecule has 8 heteroatoms. The van der Waals surface area contributed by atoms with Crippen LogP contribution < -0.4 is 10.6 Å². The van der Waals surface area contributed by atoms with Crippen LogP contribution in [0.2, 0.25) is 0 Å². The van der Waals surface area contributed by atoms with Crippen LogP contribution in [0.1, 0.15) is 30.3 Å². The predicted octanol–water partition coefficient (Wildman–Crippen LogP) is 2.87. The van der Waals surface area contributed by atoms with Crippen LogP contribution in [0.4, 0.5) is 15.8 Å². The van der Waals surface area contributed by atoms with Crippen molar-refractivity contribution in [3.05, 3.63) is 48.2 Å². The third-order valence-corrected chi connectivity index (χ3v) is 4.43. The van der Waals surface area contributed by atoms with E-state index in [2.05, 4.69) is 10.6 Å². The van der Waals surface area contributed by atoms with Gasteiger partial charge in [0, 0.05) is 31.6 Å². The van der Waals surface area contributed by atoms with E-state index < -0.39 is 5.82 Å². The summed E-state index contributed by atoms with van der Waals surface area (Å²) < 4.78 is 19.1. The number of halogens is 1. The molecule has 3 amide bonds. The summed E-state index contributed by atoms with van der Waals surface area (Å²) >= 11 is 0. The molecule has 1 saturated heterocycles. The number of anilines is 2. The zero-order valence-electron chi connectivity index (χ0n) is 14.8. The predicted molar refractivity (Wildman–Crippen MR) is 96.7 cm³/mol. The van der Waals surface area contributed by atoms with Crippen molar-refractivity contribution in [2.75, 3.05) is 23.7 Å². The van der Waals surface area contributed by atoms with Crippen LogP contribution in [0, 0.1) is 11.7 Å². The number of nitrogens with one attached hydrogen (secondary N) is 2. The van der Waals surface area contributed by atoms with Crippen molar-refractivity contribution in [3.8, 4) is 0 Å². The minimum Gasteiger partial charge on any atom is -0.459 e. The number of piperidine rings is 1. The van der Waals surface area contributed by atoms with Crippen molar-refractivity contribution in [1.29, 1.82) is 0 Å². The number of nitrogens with zero attached hydrogens (tertiary/aromatic N) is 1. The largest absolute Gasteiger partial charge is 0.459 e. The average Bonchev–Trinajstić information content (AvgIpc) is 3.18. The lowest BCUT2D eigenvalue weighted by molar-refractivity contribution is -0.121. The van der Waals surface area contributed by atoms with E-state index in [-0.39, 0.29) is 35.1 Å². The molecule has 0 atom stereocenters. The molecule has 0 unspecified atom stereocenters. The molecular formula is C19H20FN3O4. The second-order valence-electron chi connectivity index (χ2n) is 6.41. The molecule has 27 heavy (non-hydrogen) atoms. The van der Waals surface area contributed by atoms with Gasteiger partial charge in [-0.1, -0.05) is 0 Å². The van der Waals surface area contributed by atoms with E-state index in [0.717, 1.165) is 0 Å². The SMILES string of the molecule is CC(=O)Nc1ccc(F)c(NC(=O)C2CCN(C(=O)c3ccco3)CC2)c1. The van der Waals surface area contributed by atoms with Crippen molar-refractivity contribution in [1.82, 2.24) is 4.90 Å². The summed E-state index contributed by atoms with van der Waals surface area (Å²) in [4.78, 5) is 37.5. The molecule has 142 valence electrons. The smallest absolute Gasteiger partial charge is 0.289 e. The fourth-order valence-corrected chi connectivity index (χ4v) is 3.04. The second kappa shape index (κ2) is 8.03. The van der Waals surface area contributed by atoms with Crippen LogP contribution in [-0.4, -0.2) is 35.7 Å². The van der Waals surface area contributed by atoms with Crippen LogP contribution in [0.5, 0.6) is 0 Å². The van der Waals surface area contributed by atoms with Crippen molar-refractivity contribution < 1.29 is 23.2 Å². The third-order valence-electron chi connectivity index (χ3n) is 4.43. The van der Waals surface area contributed by atoms with Crippen molar-refractivity contribution >= 4 is 29.1 Å². The lowest BCUT2D eigenvalue weighted by Gasteiger charge is -2.30. The Kier molecular flexibility index (Phi) is 5.54. The Balaban J connectivity index is 1.58. The molecule has 0 radical (unpaired) electrons. The topological polar surface area (TPSA) is 91.7 Å². The quantitative estimate of drug-likeness (QED) is 0.862. The molecule has 0 saturated carbocycles. The fourth-order valence-electron chi connectivity index (χ4n) is 3.04. The maximum atomic E-state index is 14.0. The van der Waals surface area contributed by atoms with Gasteiger partial charge in [-0.3, -0.25) is 14.4 Å². The molecular weight excluding hydrogens is 353 g/mol. The molecule has 1 aliphatic rings. The summed E-state index contributed by atoms with van der Waals surface area (Å²) in [5.74, 6) is -1.42. The van der Waals surface area contributed by atoms with E-state index in [9.17, 15) is 18.8 Å². The van der Waals surface area contributed by atoms with Crippen LogP contribution in [0.3, 0.4) is 0 Å². The lowest BCUT2D eigenvalue weighted by atomic mass is 9.95. The number of benzene rings is 1. The van der Waals surface area contributed by atoms with E-state index in [1.165, 1.54) is 31.4 Å². The monoisotopic (exact) mass is 373 g/mol. The Labute approximate surface area is 155 Å². The van der Waals surface area contributed by atoms with Crippen molar-refractivity contribution in [3.63, 3.8) is 0 Å². The van der Waals surface area contributed by atoms with Gasteiger partial charge in [-0.15, -0.1) is 0 Å². The second-order valence-corrected chi connectivity index (χ2v) is 6.41. The van der Waals surface area contributed by atoms with E-state index in [0.29, 0.717) is 31.6 Å². The standard InChI is InChI=1S/C19H20FN3O4/c1-12(24)21-14-4-5-15(20)16(11-14)22-18(25)13-6-8-23(9-7-13)19(26)17-3-2-10-27-17/h2-5,10-11,13H,6-9H2,1H3,(H,21,24)(H,22,25). The summed E-state index contributed by atoms with van der Waals surface area (Å²) in [6, 6.07) is 7.24. The van der Waals surface area contributed by atoms with Gasteiger partial charge in [-0.05, 0) is 43.2 Å². The Morgan fingerprint density at radius 1 is 1.15 bits per heavy atom. The highest BCUT2D eigenvalue weighted by Gasteiger charge is 2.29. The number of hydrogen-bond acceptors (Lipinski definition) is 4. The normalized spacial score (nSPS) is 14.7. The Morgan fingerprint density at radius 3 is 2.52 bits per heavy atom. The number of likely N-dealkylation sites (tertiary alicyclic amines) is 1. The molecule has 0 bridgehead atoms. The minimum atomic E-state index is -0.581. The number of carbonyl (C=O) groups excluding carboxylic acids is 3. The number of amides is 3. The molecule has 1 aromatic heterocycles. The first-order chi connectivity index (χ1) is 12.9. The maximum absolute atomic E-state index is 14.0. The first-order valence-corrected chi connectivity index (χ1v) is 8.65. The molecule has 3 rings (SSSR count). The first kappa shape index (κ1) is 18.6. The first-order valence-electron chi connectivity index (χ1n) is 8.65. The van der Waals surface area contributed by atoms with Crippen LogP contribution in [-0.2, 0) is 9.59 Å². The fraction of sp³-hybridized carbons (Fsp3) is 0.316. The van der Waals surface area contributed by atoms with Crippen LogP contribution in [0.15, 0.2) is 41.0 Å².